The van der Waals surface area contributed by atoms with Gasteiger partial charge in [-0.25, -0.2) is 0 Å². The Kier molecular flexibility index (Phi) is 61.6. The molecule has 82 heavy (non-hydrogen) atoms. The molecule has 0 aliphatic rings. The molecule has 0 saturated heterocycles. The van der Waals surface area contributed by atoms with Crippen LogP contribution in [0.2, 0.25) is 0 Å². The maximum Gasteiger partial charge on any atom is 2.00 e. The van der Waals surface area contributed by atoms with Gasteiger partial charge in [0.15, 0.2) is 0 Å². The van der Waals surface area contributed by atoms with Crippen LogP contribution in [0.1, 0.15) is 25.7 Å². The molecule has 16 nitrogen and oxygen atoms in total. The first-order chi connectivity index (χ1) is 37.9. The Morgan fingerprint density at radius 3 is 0.378 bits per heavy atom. The first kappa shape index (κ1) is 91.9. The summed E-state index contributed by atoms with van der Waals surface area (Å²) in [6, 6.07) is 0. The molecule has 0 aromatic carbocycles. The summed E-state index contributed by atoms with van der Waals surface area (Å²) >= 11 is 69.3. The van der Waals surface area contributed by atoms with E-state index in [2.05, 4.69) is 0 Å². The average molecular weight is 1630 g/mol. The van der Waals surface area contributed by atoms with Gasteiger partial charge in [-0.1, -0.05) is 0 Å². The summed E-state index contributed by atoms with van der Waals surface area (Å²) in [5, 5.41) is 111. The summed E-state index contributed by atoms with van der Waals surface area (Å²) in [5.41, 5.74) is 0. The molecule has 0 unspecified atom stereocenters. The van der Waals surface area contributed by atoms with Gasteiger partial charge >= 0.3 is 39.0 Å². The van der Waals surface area contributed by atoms with Crippen LogP contribution in [0, 0.1) is 12.6 Å². The average Bonchev–Trinajstić information content (AvgIpc) is 4.07. The van der Waals surface area contributed by atoms with E-state index in [-0.39, 0.29) is 118 Å². The second-order valence-corrected chi connectivity index (χ2v) is 35.4. The van der Waals surface area contributed by atoms with Gasteiger partial charge < -0.3 is 271 Å². The minimum Gasteiger partial charge on any atom is -0.429 e. The van der Waals surface area contributed by atoms with Crippen LogP contribution in [-0.4, -0.2) is 263 Å². The van der Waals surface area contributed by atoms with Crippen molar-refractivity contribution in [2.24, 2.45) is 0 Å². The van der Waals surface area contributed by atoms with E-state index < -0.39 is 0 Å². The third kappa shape index (κ3) is 41.1. The van der Waals surface area contributed by atoms with Crippen LogP contribution in [0.15, 0.2) is 33.7 Å². The number of quaternary nitrogens is 4. The van der Waals surface area contributed by atoms with Crippen molar-refractivity contribution in [3.8, 4) is 0 Å². The fraction of sp³-hybridized carbons (Fsp3) is 0.727. The van der Waals surface area contributed by atoms with Gasteiger partial charge in [-0.3, -0.25) is 0 Å². The van der Waals surface area contributed by atoms with E-state index in [9.17, 15) is 61.3 Å². The van der Waals surface area contributed by atoms with Gasteiger partial charge in [-0.2, -0.15) is 0 Å². The summed E-state index contributed by atoms with van der Waals surface area (Å²) in [6.45, 7) is 9.22. The van der Waals surface area contributed by atoms with Crippen molar-refractivity contribution in [3.05, 3.63) is 12.6 Å². The Morgan fingerprint density at radius 1 is 0.220 bits per heavy atom. The Balaban J connectivity index is -0.000000478. The van der Waals surface area contributed by atoms with Gasteiger partial charge in [0.05, 0.1) is 105 Å². The van der Waals surface area contributed by atoms with Crippen molar-refractivity contribution in [2.45, 2.75) is 59.4 Å². The predicted octanol–water partition coefficient (Wildman–Crippen LogP) is 4.11. The van der Waals surface area contributed by atoms with Gasteiger partial charge in [-0.05, 0) is 12.6 Å². The molecule has 4 aromatic heterocycles. The molecular formula is C44H76N4O12S20Zn2. The van der Waals surface area contributed by atoms with Gasteiger partial charge in [0.2, 0.25) is 0 Å². The molecule has 0 aliphatic heterocycles. The van der Waals surface area contributed by atoms with Crippen LogP contribution >= 0.6 is 140 Å². The van der Waals surface area contributed by atoms with Crippen molar-refractivity contribution < 1.29 is 118 Å². The van der Waals surface area contributed by atoms with Crippen molar-refractivity contribution in [3.63, 3.8) is 0 Å². The predicted molar refractivity (Wildman–Crippen MR) is 360 cm³/mol. The van der Waals surface area contributed by atoms with Crippen molar-refractivity contribution in [1.29, 1.82) is 0 Å². The minimum absolute atomic E-state index is 0. The fourth-order valence-electron chi connectivity index (χ4n) is 8.04. The van der Waals surface area contributed by atoms with Crippen LogP contribution in [0.5, 0.6) is 0 Å². The third-order valence-corrected chi connectivity index (χ3v) is 26.1. The molecule has 4 heterocycles. The molecular weight excluding hydrogens is 1550 g/mol. The number of hydrogen-bond donors (Lipinski definition) is 12. The molecule has 468 valence electrons. The zero-order chi connectivity index (χ0) is 61.2. The Labute approximate surface area is 606 Å². The maximum absolute atomic E-state index is 9.29. The zero-order valence-corrected chi connectivity index (χ0v) is 67.6. The van der Waals surface area contributed by atoms with Gasteiger partial charge in [-0.15, -0.1) is 82.5 Å². The zero-order valence-electron chi connectivity index (χ0n) is 45.4. The van der Waals surface area contributed by atoms with E-state index in [1.54, 1.807) is 0 Å². The maximum atomic E-state index is 9.29. The summed E-state index contributed by atoms with van der Waals surface area (Å²) in [5.74, 6) is 0. The quantitative estimate of drug-likeness (QED) is 0.0104. The van der Waals surface area contributed by atoms with Gasteiger partial charge in [0, 0.05) is 25.7 Å². The van der Waals surface area contributed by atoms with E-state index >= 15 is 0 Å². The molecule has 4 aromatic rings. The Morgan fingerprint density at radius 2 is 0.317 bits per heavy atom. The number of aliphatic hydroxyl groups excluding tert-OH is 12. The van der Waals surface area contributed by atoms with Crippen molar-refractivity contribution >= 4 is 241 Å². The Hall–Kier alpha value is 3.45. The van der Waals surface area contributed by atoms with Crippen LogP contribution < -0.4 is 0 Å². The summed E-state index contributed by atoms with van der Waals surface area (Å²) in [6.07, 6.45) is 3.40. The van der Waals surface area contributed by atoms with Crippen molar-refractivity contribution in [1.82, 2.24) is 0 Å². The van der Waals surface area contributed by atoms with E-state index in [0.717, 1.165) is 98.1 Å². The normalized spacial score (nSPS) is 11.2. The van der Waals surface area contributed by atoms with Crippen LogP contribution in [0.3, 0.4) is 0 Å². The molecule has 0 fully saturated rings. The number of unbranched alkanes of at least 4 members (excludes halogenated alkanes) is 2. The third-order valence-electron chi connectivity index (χ3n) is 12.0. The molecule has 0 atom stereocenters. The molecule has 0 amide bonds. The first-order valence-corrected chi connectivity index (χ1v) is 36.0. The summed E-state index contributed by atoms with van der Waals surface area (Å²) in [7, 11) is 0. The molecule has 0 radical (unpaired) electrons. The molecule has 12 N–H and O–H groups in total. The van der Waals surface area contributed by atoms with Crippen LogP contribution in [0.25, 0.3) is 0 Å². The number of aliphatic hydroxyl groups is 12. The second-order valence-electron chi connectivity index (χ2n) is 17.2. The summed E-state index contributed by atoms with van der Waals surface area (Å²) < 4.78 is 11.4. The van der Waals surface area contributed by atoms with Gasteiger partial charge in [0.1, 0.15) is 78.5 Å². The molecule has 38 heteroatoms. The van der Waals surface area contributed by atoms with Crippen LogP contribution in [-0.2, 0) is 140 Å². The monoisotopic (exact) mass is 1620 g/mol. The largest absolute Gasteiger partial charge is 2.00 e. The van der Waals surface area contributed by atoms with Crippen molar-refractivity contribution in [2.75, 3.05) is 184 Å². The first-order valence-electron chi connectivity index (χ1n) is 24.6. The molecule has 0 saturated carbocycles. The van der Waals surface area contributed by atoms with E-state index in [1.165, 1.54) is 90.7 Å². The molecule has 0 bridgehead atoms. The topological polar surface area (TPSA) is 243 Å². The van der Waals surface area contributed by atoms with E-state index in [0.29, 0.717) is 96.5 Å². The number of nitrogens with zero attached hydrogens (tertiary/aromatic N) is 4. The van der Waals surface area contributed by atoms with E-state index in [4.69, 9.17) is 150 Å². The second kappa shape index (κ2) is 55.0. The number of rotatable bonds is 34. The Bertz CT molecular complexity index is 1910. The summed E-state index contributed by atoms with van der Waals surface area (Å²) in [4.78, 5) is 0. The standard InChI is InChI=1S/2C16H38N2O6.4C3H2S5.2Zn/c2*19-11-5-17(6-12-20,7-13-21)3-1-2-4-18(8-14-22,9-15-23)10-16-24;4*4-1-2(5)8-3(6)7-1;;/h2*19-24H,1-16H2;4*4-5H;;/q2*+2;;;;;2*+2/p-8. The molecule has 4 rings (SSSR count). The van der Waals surface area contributed by atoms with E-state index in [1.807, 2.05) is 0 Å². The smallest absolute Gasteiger partial charge is 0.429 e. The SMILES string of the molecule is OCC[N+](CCO)(CCO)CCCC[N+](CCO)(CCO)CCO.OCC[N+](CCO)(CCO)CCCC[N+](CCO)(CCO)CCO.S=c1sc([S-])c([S-])s1.S=c1sc([S-])c([S-])s1.S=c1sc([S-])c([S-])s1.S=c1sc([S-])c([S-])s1.[Zn+2].[Zn+2]. The molecule has 0 aliphatic carbocycles. The number of hydrogen-bond acceptors (Lipinski definition) is 32. The fourth-order valence-corrected chi connectivity index (χ4v) is 21.1. The molecule has 0 spiro atoms. The van der Waals surface area contributed by atoms with Crippen LogP contribution in [0.4, 0.5) is 0 Å². The van der Waals surface area contributed by atoms with Gasteiger partial charge in [0.25, 0.3) is 0 Å². The minimum atomic E-state index is 0.